The molecule has 5 rings (SSSR count). The molecule has 1 heterocycles. The monoisotopic (exact) mass is 512 g/mol. The summed E-state index contributed by atoms with van der Waals surface area (Å²) in [6, 6.07) is 22.0. The van der Waals surface area contributed by atoms with E-state index in [1.165, 1.54) is 0 Å². The number of allylic oxidation sites excluding steroid dienone is 1. The number of ether oxygens (including phenoxy) is 3. The molecule has 1 aliphatic carbocycles. The Morgan fingerprint density at radius 1 is 0.921 bits per heavy atom. The third-order valence-electron chi connectivity index (χ3n) is 7.39. The zero-order chi connectivity index (χ0) is 26.6. The number of fused-ring (bicyclic) bond motifs is 1. The minimum atomic E-state index is -0.262. The summed E-state index contributed by atoms with van der Waals surface area (Å²) in [5.41, 5.74) is 5.80. The van der Waals surface area contributed by atoms with Crippen LogP contribution in [0.3, 0.4) is 0 Å². The van der Waals surface area contributed by atoms with Gasteiger partial charge in [-0.05, 0) is 80.1 Å². The number of carbonyl (C=O) groups excluding carboxylic acids is 1. The molecule has 3 aromatic rings. The van der Waals surface area contributed by atoms with E-state index >= 15 is 0 Å². The van der Waals surface area contributed by atoms with Gasteiger partial charge in [-0.3, -0.25) is 4.79 Å². The Labute approximate surface area is 225 Å². The van der Waals surface area contributed by atoms with Gasteiger partial charge in [-0.1, -0.05) is 37.3 Å². The van der Waals surface area contributed by atoms with Crippen molar-refractivity contribution >= 4 is 17.2 Å². The second-order valence-corrected chi connectivity index (χ2v) is 9.92. The molecule has 6 nitrogen and oxygen atoms in total. The number of benzene rings is 3. The summed E-state index contributed by atoms with van der Waals surface area (Å²) >= 11 is 0. The lowest BCUT2D eigenvalue weighted by Crippen LogP contribution is -2.26. The highest BCUT2D eigenvalue weighted by Crippen LogP contribution is 2.45. The molecular weight excluding hydrogens is 476 g/mol. The average molecular weight is 513 g/mol. The van der Waals surface area contributed by atoms with Gasteiger partial charge in [0.1, 0.15) is 5.75 Å². The fourth-order valence-corrected chi connectivity index (χ4v) is 5.25. The van der Waals surface area contributed by atoms with Gasteiger partial charge in [0.25, 0.3) is 0 Å². The van der Waals surface area contributed by atoms with Crippen LogP contribution in [0.5, 0.6) is 17.2 Å². The maximum Gasteiger partial charge on any atom is 0.163 e. The SMILES string of the molecule is CCOc1ccc(C2CC(=O)C3=C(C2)Nc2ccccc2NC3c2ccc(OC(C)CC)cc2)cc1OC. The number of anilines is 2. The van der Waals surface area contributed by atoms with Gasteiger partial charge >= 0.3 is 0 Å². The van der Waals surface area contributed by atoms with Crippen LogP contribution in [0.2, 0.25) is 0 Å². The fourth-order valence-electron chi connectivity index (χ4n) is 5.25. The Bertz CT molecular complexity index is 1330. The molecule has 38 heavy (non-hydrogen) atoms. The molecule has 3 aromatic carbocycles. The van der Waals surface area contributed by atoms with E-state index in [1.54, 1.807) is 7.11 Å². The minimum absolute atomic E-state index is 0.0375. The molecule has 0 aromatic heterocycles. The summed E-state index contributed by atoms with van der Waals surface area (Å²) in [6.07, 6.45) is 2.25. The van der Waals surface area contributed by atoms with Crippen molar-refractivity contribution in [2.75, 3.05) is 24.4 Å². The number of rotatable bonds is 8. The Balaban J connectivity index is 1.51. The molecule has 2 aliphatic rings. The van der Waals surface area contributed by atoms with Crippen LogP contribution in [-0.4, -0.2) is 25.6 Å². The number of para-hydroxylation sites is 2. The number of Topliss-reactive ketones (excluding diaryl/α,β-unsaturated/α-hetero) is 1. The third kappa shape index (κ3) is 5.21. The first-order chi connectivity index (χ1) is 18.5. The van der Waals surface area contributed by atoms with Gasteiger partial charge in [-0.2, -0.15) is 0 Å². The van der Waals surface area contributed by atoms with Crippen molar-refractivity contribution in [3.8, 4) is 17.2 Å². The van der Waals surface area contributed by atoms with Crippen molar-refractivity contribution in [1.82, 2.24) is 0 Å². The van der Waals surface area contributed by atoms with Gasteiger partial charge in [-0.15, -0.1) is 0 Å². The Morgan fingerprint density at radius 3 is 2.37 bits per heavy atom. The van der Waals surface area contributed by atoms with Crippen LogP contribution < -0.4 is 24.8 Å². The van der Waals surface area contributed by atoms with E-state index in [4.69, 9.17) is 14.2 Å². The molecular formula is C32H36N2O4. The van der Waals surface area contributed by atoms with Crippen LogP contribution >= 0.6 is 0 Å². The van der Waals surface area contributed by atoms with Crippen LogP contribution in [0.4, 0.5) is 11.4 Å². The van der Waals surface area contributed by atoms with Crippen molar-refractivity contribution in [2.45, 2.75) is 58.1 Å². The molecule has 1 aliphatic heterocycles. The highest BCUT2D eigenvalue weighted by molar-refractivity contribution is 6.01. The Morgan fingerprint density at radius 2 is 1.66 bits per heavy atom. The standard InChI is InChI=1S/C32H36N2O4/c1-5-20(3)38-24-14-11-21(12-15-24)32-31-27(33-25-9-7-8-10-26(25)34-32)17-23(18-28(31)35)22-13-16-29(37-6-2)30(19-22)36-4/h7-16,19-20,23,32-34H,5-6,17-18H2,1-4H3. The first kappa shape index (κ1) is 25.7. The van der Waals surface area contributed by atoms with Gasteiger partial charge in [0.05, 0.1) is 37.2 Å². The van der Waals surface area contributed by atoms with Gasteiger partial charge in [0, 0.05) is 17.7 Å². The minimum Gasteiger partial charge on any atom is -0.493 e. The lowest BCUT2D eigenvalue weighted by Gasteiger charge is -2.30. The molecule has 0 spiro atoms. The topological polar surface area (TPSA) is 68.8 Å². The first-order valence-electron chi connectivity index (χ1n) is 13.5. The lowest BCUT2D eigenvalue weighted by molar-refractivity contribution is -0.116. The predicted molar refractivity (Wildman–Crippen MR) is 151 cm³/mol. The summed E-state index contributed by atoms with van der Waals surface area (Å²) < 4.78 is 17.3. The van der Waals surface area contributed by atoms with E-state index in [-0.39, 0.29) is 23.8 Å². The molecule has 0 amide bonds. The van der Waals surface area contributed by atoms with E-state index in [2.05, 4.69) is 36.6 Å². The van der Waals surface area contributed by atoms with Crippen LogP contribution in [0.15, 0.2) is 78.0 Å². The smallest absolute Gasteiger partial charge is 0.163 e. The molecule has 6 heteroatoms. The van der Waals surface area contributed by atoms with Crippen molar-refractivity contribution in [2.24, 2.45) is 0 Å². The molecule has 0 bridgehead atoms. The normalized spacial score (nSPS) is 19.3. The van der Waals surface area contributed by atoms with Crippen molar-refractivity contribution in [3.05, 3.63) is 89.1 Å². The first-order valence-corrected chi connectivity index (χ1v) is 13.5. The summed E-state index contributed by atoms with van der Waals surface area (Å²) in [4.78, 5) is 13.9. The molecule has 198 valence electrons. The predicted octanol–water partition coefficient (Wildman–Crippen LogP) is 7.25. The summed E-state index contributed by atoms with van der Waals surface area (Å²) in [5, 5.41) is 7.26. The van der Waals surface area contributed by atoms with Gasteiger partial charge < -0.3 is 24.8 Å². The van der Waals surface area contributed by atoms with Gasteiger partial charge in [0.2, 0.25) is 0 Å². The summed E-state index contributed by atoms with van der Waals surface area (Å²) in [7, 11) is 1.65. The van der Waals surface area contributed by atoms with E-state index in [0.29, 0.717) is 24.5 Å². The number of carbonyl (C=O) groups is 1. The fraction of sp³-hybridized carbons (Fsp3) is 0.344. The Kier molecular flexibility index (Phi) is 7.59. The molecule has 0 fully saturated rings. The molecule has 0 saturated heterocycles. The molecule has 2 N–H and O–H groups in total. The zero-order valence-corrected chi connectivity index (χ0v) is 22.5. The zero-order valence-electron chi connectivity index (χ0n) is 22.5. The number of hydrogen-bond acceptors (Lipinski definition) is 6. The quantitative estimate of drug-likeness (QED) is 0.331. The van der Waals surface area contributed by atoms with E-state index in [0.717, 1.165) is 52.4 Å². The number of hydrogen-bond donors (Lipinski definition) is 2. The van der Waals surface area contributed by atoms with Crippen LogP contribution in [0, 0.1) is 0 Å². The second kappa shape index (κ2) is 11.2. The van der Waals surface area contributed by atoms with Crippen LogP contribution in [0.1, 0.15) is 63.1 Å². The highest BCUT2D eigenvalue weighted by Gasteiger charge is 2.36. The lowest BCUT2D eigenvalue weighted by atomic mass is 9.78. The number of methoxy groups -OCH3 is 1. The molecule has 0 saturated carbocycles. The summed E-state index contributed by atoms with van der Waals surface area (Å²) in [5.74, 6) is 2.42. The molecule has 0 radical (unpaired) electrons. The third-order valence-corrected chi connectivity index (χ3v) is 7.39. The summed E-state index contributed by atoms with van der Waals surface area (Å²) in [6.45, 7) is 6.69. The Hall–Kier alpha value is -3.93. The van der Waals surface area contributed by atoms with E-state index in [1.807, 2.05) is 61.5 Å². The molecule has 3 atom stereocenters. The largest absolute Gasteiger partial charge is 0.493 e. The van der Waals surface area contributed by atoms with Crippen molar-refractivity contribution < 1.29 is 19.0 Å². The van der Waals surface area contributed by atoms with Crippen molar-refractivity contribution in [3.63, 3.8) is 0 Å². The van der Waals surface area contributed by atoms with Gasteiger partial charge in [-0.25, -0.2) is 0 Å². The maximum atomic E-state index is 13.9. The average Bonchev–Trinajstić information content (AvgIpc) is 3.10. The molecule has 3 unspecified atom stereocenters. The van der Waals surface area contributed by atoms with Gasteiger partial charge in [0.15, 0.2) is 17.3 Å². The number of nitrogens with one attached hydrogen (secondary N) is 2. The van der Waals surface area contributed by atoms with Crippen molar-refractivity contribution in [1.29, 1.82) is 0 Å². The maximum absolute atomic E-state index is 13.9. The highest BCUT2D eigenvalue weighted by atomic mass is 16.5. The van der Waals surface area contributed by atoms with Crippen LogP contribution in [0.25, 0.3) is 0 Å². The van der Waals surface area contributed by atoms with E-state index in [9.17, 15) is 4.79 Å². The number of ketones is 1. The second-order valence-electron chi connectivity index (χ2n) is 9.92. The van der Waals surface area contributed by atoms with E-state index < -0.39 is 0 Å². The van der Waals surface area contributed by atoms with Crippen LogP contribution in [-0.2, 0) is 4.79 Å².